The van der Waals surface area contributed by atoms with E-state index in [0.29, 0.717) is 26.2 Å². The van der Waals surface area contributed by atoms with Gasteiger partial charge in [0.05, 0.1) is 6.54 Å². The largest absolute Gasteiger partial charge is 0.385 e. The van der Waals surface area contributed by atoms with Gasteiger partial charge in [0.2, 0.25) is 5.91 Å². The van der Waals surface area contributed by atoms with Crippen LogP contribution in [-0.2, 0) is 22.6 Å². The fraction of sp³-hybridized carbons (Fsp3) is 0.389. The molecule has 1 aromatic carbocycles. The van der Waals surface area contributed by atoms with E-state index in [1.54, 1.807) is 14.0 Å². The molecule has 0 saturated carbocycles. The number of aromatic nitrogens is 1. The van der Waals surface area contributed by atoms with Crippen molar-refractivity contribution in [3.05, 3.63) is 58.9 Å². The molecular weight excluding hydrogens is 312 g/mol. The molecule has 1 amide bonds. The lowest BCUT2D eigenvalue weighted by molar-refractivity contribution is -0.129. The van der Waals surface area contributed by atoms with Gasteiger partial charge in [0.25, 0.3) is 0 Å². The Kier molecular flexibility index (Phi) is 6.68. The molecule has 0 radical (unpaired) electrons. The van der Waals surface area contributed by atoms with Crippen LogP contribution in [0.5, 0.6) is 0 Å². The van der Waals surface area contributed by atoms with Crippen LogP contribution in [-0.4, -0.2) is 35.6 Å². The SMILES string of the molecule is COCCCN(Cc1cccn1Cc1ccccc1Cl)C(C)=O. The number of amides is 1. The Morgan fingerprint density at radius 3 is 2.74 bits per heavy atom. The van der Waals surface area contributed by atoms with Crippen molar-refractivity contribution >= 4 is 17.5 Å². The fourth-order valence-electron chi connectivity index (χ4n) is 2.50. The van der Waals surface area contributed by atoms with E-state index in [0.717, 1.165) is 22.7 Å². The van der Waals surface area contributed by atoms with Crippen molar-refractivity contribution in [3.8, 4) is 0 Å². The fourth-order valence-corrected chi connectivity index (χ4v) is 2.70. The quantitative estimate of drug-likeness (QED) is 0.692. The van der Waals surface area contributed by atoms with E-state index >= 15 is 0 Å². The van der Waals surface area contributed by atoms with Crippen molar-refractivity contribution in [2.45, 2.75) is 26.4 Å². The topological polar surface area (TPSA) is 34.5 Å². The molecule has 0 saturated heterocycles. The van der Waals surface area contributed by atoms with Gasteiger partial charge in [0.15, 0.2) is 0 Å². The number of hydrogen-bond donors (Lipinski definition) is 0. The predicted octanol–water partition coefficient (Wildman–Crippen LogP) is 3.57. The van der Waals surface area contributed by atoms with Gasteiger partial charge in [0.1, 0.15) is 0 Å². The number of nitrogens with zero attached hydrogens (tertiary/aromatic N) is 2. The average molecular weight is 335 g/mol. The second-order valence-corrected chi connectivity index (χ2v) is 5.91. The van der Waals surface area contributed by atoms with Gasteiger partial charge in [-0.1, -0.05) is 29.8 Å². The Hall–Kier alpha value is -1.78. The van der Waals surface area contributed by atoms with Crippen LogP contribution in [0.3, 0.4) is 0 Å². The number of rotatable bonds is 8. The van der Waals surface area contributed by atoms with Gasteiger partial charge in [-0.3, -0.25) is 4.79 Å². The summed E-state index contributed by atoms with van der Waals surface area (Å²) in [5.41, 5.74) is 2.16. The normalized spacial score (nSPS) is 10.7. The molecule has 2 rings (SSSR count). The second-order valence-electron chi connectivity index (χ2n) is 5.51. The number of hydrogen-bond acceptors (Lipinski definition) is 2. The Balaban J connectivity index is 2.07. The van der Waals surface area contributed by atoms with E-state index in [2.05, 4.69) is 4.57 Å². The van der Waals surface area contributed by atoms with Gasteiger partial charge < -0.3 is 14.2 Å². The van der Waals surface area contributed by atoms with E-state index in [4.69, 9.17) is 16.3 Å². The van der Waals surface area contributed by atoms with Gasteiger partial charge in [-0.25, -0.2) is 0 Å². The van der Waals surface area contributed by atoms with Gasteiger partial charge >= 0.3 is 0 Å². The molecule has 2 aromatic rings. The smallest absolute Gasteiger partial charge is 0.219 e. The highest BCUT2D eigenvalue weighted by molar-refractivity contribution is 6.31. The molecule has 0 N–H and O–H groups in total. The molecule has 4 nitrogen and oxygen atoms in total. The van der Waals surface area contributed by atoms with Crippen LogP contribution in [0.2, 0.25) is 5.02 Å². The Bertz CT molecular complexity index is 639. The molecule has 0 atom stereocenters. The number of methoxy groups -OCH3 is 1. The number of carbonyl (C=O) groups is 1. The van der Waals surface area contributed by atoms with Crippen LogP contribution in [0.1, 0.15) is 24.6 Å². The van der Waals surface area contributed by atoms with Crippen molar-refractivity contribution in [1.82, 2.24) is 9.47 Å². The van der Waals surface area contributed by atoms with E-state index in [1.807, 2.05) is 47.5 Å². The van der Waals surface area contributed by atoms with Gasteiger partial charge in [-0.05, 0) is 30.2 Å². The first-order valence-electron chi connectivity index (χ1n) is 7.73. The first-order chi connectivity index (χ1) is 11.1. The average Bonchev–Trinajstić information content (AvgIpc) is 2.95. The molecule has 0 bridgehead atoms. The molecule has 0 aliphatic rings. The molecule has 0 unspecified atom stereocenters. The number of benzene rings is 1. The monoisotopic (exact) mass is 334 g/mol. The maximum Gasteiger partial charge on any atom is 0.219 e. The summed E-state index contributed by atoms with van der Waals surface area (Å²) in [5.74, 6) is 0.0756. The van der Waals surface area contributed by atoms with E-state index in [9.17, 15) is 4.79 Å². The summed E-state index contributed by atoms with van der Waals surface area (Å²) in [6.45, 7) is 4.25. The number of ether oxygens (including phenoxy) is 1. The highest BCUT2D eigenvalue weighted by Gasteiger charge is 2.12. The molecule has 0 fully saturated rings. The first-order valence-corrected chi connectivity index (χ1v) is 8.11. The maximum atomic E-state index is 11.8. The van der Waals surface area contributed by atoms with Crippen molar-refractivity contribution in [3.63, 3.8) is 0 Å². The Labute approximate surface area is 142 Å². The van der Waals surface area contributed by atoms with Crippen LogP contribution in [0.25, 0.3) is 0 Å². The lowest BCUT2D eigenvalue weighted by atomic mass is 10.2. The van der Waals surface area contributed by atoms with Crippen molar-refractivity contribution in [2.75, 3.05) is 20.3 Å². The second kappa shape index (κ2) is 8.75. The highest BCUT2D eigenvalue weighted by atomic mass is 35.5. The summed E-state index contributed by atoms with van der Waals surface area (Å²) in [7, 11) is 1.67. The summed E-state index contributed by atoms with van der Waals surface area (Å²) in [5, 5.41) is 0.760. The van der Waals surface area contributed by atoms with Gasteiger partial charge in [0, 0.05) is 50.6 Å². The number of halogens is 1. The lowest BCUT2D eigenvalue weighted by Gasteiger charge is -2.22. The highest BCUT2D eigenvalue weighted by Crippen LogP contribution is 2.18. The first kappa shape index (κ1) is 17.6. The minimum absolute atomic E-state index is 0.0756. The molecule has 23 heavy (non-hydrogen) atoms. The molecule has 1 aromatic heterocycles. The van der Waals surface area contributed by atoms with Crippen molar-refractivity contribution < 1.29 is 9.53 Å². The minimum Gasteiger partial charge on any atom is -0.385 e. The molecule has 5 heteroatoms. The zero-order valence-electron chi connectivity index (χ0n) is 13.7. The van der Waals surface area contributed by atoms with Crippen LogP contribution in [0.4, 0.5) is 0 Å². The summed E-state index contributed by atoms with van der Waals surface area (Å²) in [4.78, 5) is 13.7. The zero-order chi connectivity index (χ0) is 16.7. The molecule has 124 valence electrons. The summed E-state index contributed by atoms with van der Waals surface area (Å²) in [6, 6.07) is 11.9. The van der Waals surface area contributed by atoms with Crippen LogP contribution in [0, 0.1) is 0 Å². The van der Waals surface area contributed by atoms with Gasteiger partial charge in [-0.2, -0.15) is 0 Å². The Morgan fingerprint density at radius 2 is 2.04 bits per heavy atom. The third kappa shape index (κ3) is 5.12. The minimum atomic E-state index is 0.0756. The summed E-state index contributed by atoms with van der Waals surface area (Å²) >= 11 is 6.24. The third-order valence-corrected chi connectivity index (χ3v) is 4.17. The van der Waals surface area contributed by atoms with Crippen molar-refractivity contribution in [2.24, 2.45) is 0 Å². The van der Waals surface area contributed by atoms with Crippen LogP contribution < -0.4 is 0 Å². The molecule has 0 spiro atoms. The van der Waals surface area contributed by atoms with E-state index in [1.165, 1.54) is 0 Å². The summed E-state index contributed by atoms with van der Waals surface area (Å²) in [6.07, 6.45) is 2.85. The van der Waals surface area contributed by atoms with Crippen LogP contribution >= 0.6 is 11.6 Å². The van der Waals surface area contributed by atoms with E-state index < -0.39 is 0 Å². The Morgan fingerprint density at radius 1 is 1.26 bits per heavy atom. The zero-order valence-corrected chi connectivity index (χ0v) is 14.4. The van der Waals surface area contributed by atoms with Crippen LogP contribution in [0.15, 0.2) is 42.6 Å². The van der Waals surface area contributed by atoms with E-state index in [-0.39, 0.29) is 5.91 Å². The molecular formula is C18H23ClN2O2. The molecule has 1 heterocycles. The van der Waals surface area contributed by atoms with Gasteiger partial charge in [-0.15, -0.1) is 0 Å². The predicted molar refractivity (Wildman–Crippen MR) is 92.6 cm³/mol. The standard InChI is InChI=1S/C18H23ClN2O2/c1-15(22)20(11-6-12-23-2)14-17-8-5-10-21(17)13-16-7-3-4-9-18(16)19/h3-5,7-10H,6,11-14H2,1-2H3. The number of carbonyl (C=O) groups excluding carboxylic acids is 1. The molecule has 0 aliphatic heterocycles. The van der Waals surface area contributed by atoms with Crippen molar-refractivity contribution in [1.29, 1.82) is 0 Å². The maximum absolute atomic E-state index is 11.8. The lowest BCUT2D eigenvalue weighted by Crippen LogP contribution is -2.30. The third-order valence-electron chi connectivity index (χ3n) is 3.80. The molecule has 0 aliphatic carbocycles. The summed E-state index contributed by atoms with van der Waals surface area (Å²) < 4.78 is 7.20.